The van der Waals surface area contributed by atoms with Gasteiger partial charge >= 0.3 is 0 Å². The molecule has 1 aromatic carbocycles. The van der Waals surface area contributed by atoms with E-state index in [0.29, 0.717) is 5.92 Å². The van der Waals surface area contributed by atoms with Gasteiger partial charge in [0, 0.05) is 6.54 Å². The Bertz CT molecular complexity index is 280. The first-order chi connectivity index (χ1) is 7.27. The van der Waals surface area contributed by atoms with Gasteiger partial charge in [-0.15, -0.1) is 0 Å². The molecule has 0 spiro atoms. The van der Waals surface area contributed by atoms with Crippen molar-refractivity contribution in [2.24, 2.45) is 0 Å². The van der Waals surface area contributed by atoms with Crippen LogP contribution in [0.4, 0.5) is 0 Å². The highest BCUT2D eigenvalue weighted by molar-refractivity contribution is 5.25. The molecule has 84 valence electrons. The first kappa shape index (κ1) is 12.3. The summed E-state index contributed by atoms with van der Waals surface area (Å²) >= 11 is 0. The Balaban J connectivity index is 2.69. The summed E-state index contributed by atoms with van der Waals surface area (Å²) in [5.74, 6) is 0.676. The van der Waals surface area contributed by atoms with Crippen molar-refractivity contribution in [1.82, 2.24) is 5.32 Å². The summed E-state index contributed by atoms with van der Waals surface area (Å²) in [6, 6.07) is 8.90. The molecule has 15 heavy (non-hydrogen) atoms. The van der Waals surface area contributed by atoms with E-state index in [2.05, 4.69) is 50.4 Å². The number of hydrogen-bond donors (Lipinski definition) is 1. The van der Waals surface area contributed by atoms with Crippen LogP contribution < -0.4 is 5.32 Å². The molecule has 1 unspecified atom stereocenters. The fourth-order valence-electron chi connectivity index (χ4n) is 1.98. The van der Waals surface area contributed by atoms with Crippen LogP contribution in [0, 0.1) is 6.92 Å². The molecule has 1 nitrogen and oxygen atoms in total. The third kappa shape index (κ3) is 4.05. The van der Waals surface area contributed by atoms with Crippen molar-refractivity contribution in [2.45, 2.75) is 39.5 Å². The van der Waals surface area contributed by atoms with Crippen molar-refractivity contribution in [1.29, 1.82) is 0 Å². The first-order valence-electron chi connectivity index (χ1n) is 6.05. The smallest absolute Gasteiger partial charge is 0.00200 e. The summed E-state index contributed by atoms with van der Waals surface area (Å²) in [4.78, 5) is 0. The van der Waals surface area contributed by atoms with Gasteiger partial charge in [-0.05, 0) is 31.4 Å². The Morgan fingerprint density at radius 1 is 1.27 bits per heavy atom. The van der Waals surface area contributed by atoms with E-state index in [-0.39, 0.29) is 0 Å². The molecule has 0 bridgehead atoms. The second-order valence-electron chi connectivity index (χ2n) is 4.21. The van der Waals surface area contributed by atoms with Gasteiger partial charge in [-0.3, -0.25) is 0 Å². The second-order valence-corrected chi connectivity index (χ2v) is 4.21. The van der Waals surface area contributed by atoms with Crippen LogP contribution in [-0.4, -0.2) is 13.1 Å². The minimum atomic E-state index is 0.676. The van der Waals surface area contributed by atoms with Crippen molar-refractivity contribution in [3.63, 3.8) is 0 Å². The standard InChI is InChI=1S/C14H23N/c1-4-7-14(11-15-5-2)13-9-6-8-12(3)10-13/h6,8-10,14-15H,4-5,7,11H2,1-3H3. The summed E-state index contributed by atoms with van der Waals surface area (Å²) in [5.41, 5.74) is 2.85. The lowest BCUT2D eigenvalue weighted by Crippen LogP contribution is -2.21. The normalized spacial score (nSPS) is 12.7. The molecule has 1 N–H and O–H groups in total. The molecule has 1 aromatic rings. The number of benzene rings is 1. The molecular weight excluding hydrogens is 182 g/mol. The van der Waals surface area contributed by atoms with Crippen LogP contribution in [-0.2, 0) is 0 Å². The highest BCUT2D eigenvalue weighted by atomic mass is 14.8. The third-order valence-corrected chi connectivity index (χ3v) is 2.79. The molecule has 1 atom stereocenters. The van der Waals surface area contributed by atoms with E-state index >= 15 is 0 Å². The van der Waals surface area contributed by atoms with Crippen molar-refractivity contribution in [2.75, 3.05) is 13.1 Å². The Labute approximate surface area is 93.9 Å². The zero-order valence-corrected chi connectivity index (χ0v) is 10.2. The highest BCUT2D eigenvalue weighted by Crippen LogP contribution is 2.21. The minimum Gasteiger partial charge on any atom is -0.316 e. The number of rotatable bonds is 6. The number of hydrogen-bond acceptors (Lipinski definition) is 1. The summed E-state index contributed by atoms with van der Waals surface area (Å²) in [5, 5.41) is 3.45. The molecule has 1 heteroatoms. The average molecular weight is 205 g/mol. The average Bonchev–Trinajstić information content (AvgIpc) is 2.24. The lowest BCUT2D eigenvalue weighted by Gasteiger charge is -2.17. The molecule has 0 saturated carbocycles. The molecular formula is C14H23N. The van der Waals surface area contributed by atoms with Crippen LogP contribution in [0.1, 0.15) is 43.7 Å². The second kappa shape index (κ2) is 6.62. The third-order valence-electron chi connectivity index (χ3n) is 2.79. The van der Waals surface area contributed by atoms with Crippen LogP contribution in [0.5, 0.6) is 0 Å². The molecule has 0 aliphatic carbocycles. The predicted octanol–water partition coefficient (Wildman–Crippen LogP) is 3.49. The van der Waals surface area contributed by atoms with Gasteiger partial charge in [-0.25, -0.2) is 0 Å². The zero-order valence-electron chi connectivity index (χ0n) is 10.2. The van der Waals surface area contributed by atoms with Gasteiger partial charge < -0.3 is 5.32 Å². The maximum absolute atomic E-state index is 3.45. The maximum atomic E-state index is 3.45. The SMILES string of the molecule is CCCC(CNCC)c1cccc(C)c1. The summed E-state index contributed by atoms with van der Waals surface area (Å²) in [7, 11) is 0. The Morgan fingerprint density at radius 2 is 2.07 bits per heavy atom. The first-order valence-corrected chi connectivity index (χ1v) is 6.05. The lowest BCUT2D eigenvalue weighted by atomic mass is 9.93. The molecule has 0 heterocycles. The van der Waals surface area contributed by atoms with Gasteiger partial charge in [0.2, 0.25) is 0 Å². The Kier molecular flexibility index (Phi) is 5.41. The molecule has 0 fully saturated rings. The van der Waals surface area contributed by atoms with Crippen molar-refractivity contribution in [3.8, 4) is 0 Å². The highest BCUT2D eigenvalue weighted by Gasteiger charge is 2.09. The number of nitrogens with one attached hydrogen (secondary N) is 1. The van der Waals surface area contributed by atoms with Crippen molar-refractivity contribution < 1.29 is 0 Å². The van der Waals surface area contributed by atoms with Gasteiger partial charge in [-0.2, -0.15) is 0 Å². The fraction of sp³-hybridized carbons (Fsp3) is 0.571. The van der Waals surface area contributed by atoms with E-state index in [0.717, 1.165) is 13.1 Å². The molecule has 1 rings (SSSR count). The van der Waals surface area contributed by atoms with E-state index in [1.165, 1.54) is 24.0 Å². The van der Waals surface area contributed by atoms with Crippen molar-refractivity contribution >= 4 is 0 Å². The molecule has 0 aromatic heterocycles. The van der Waals surface area contributed by atoms with Gasteiger partial charge in [-0.1, -0.05) is 50.1 Å². The van der Waals surface area contributed by atoms with Gasteiger partial charge in [0.15, 0.2) is 0 Å². The van der Waals surface area contributed by atoms with E-state index in [4.69, 9.17) is 0 Å². The van der Waals surface area contributed by atoms with Crippen LogP contribution in [0.3, 0.4) is 0 Å². The van der Waals surface area contributed by atoms with E-state index in [1.54, 1.807) is 0 Å². The number of likely N-dealkylation sites (N-methyl/N-ethyl adjacent to an activating group) is 1. The molecule has 0 aliphatic heterocycles. The fourth-order valence-corrected chi connectivity index (χ4v) is 1.98. The molecule has 0 amide bonds. The van der Waals surface area contributed by atoms with Gasteiger partial charge in [0.1, 0.15) is 0 Å². The summed E-state index contributed by atoms with van der Waals surface area (Å²) in [6.07, 6.45) is 2.53. The molecule has 0 saturated heterocycles. The summed E-state index contributed by atoms with van der Waals surface area (Å²) < 4.78 is 0. The van der Waals surface area contributed by atoms with Gasteiger partial charge in [0.25, 0.3) is 0 Å². The van der Waals surface area contributed by atoms with Crippen LogP contribution in [0.2, 0.25) is 0 Å². The summed E-state index contributed by atoms with van der Waals surface area (Å²) in [6.45, 7) is 8.76. The van der Waals surface area contributed by atoms with Crippen LogP contribution >= 0.6 is 0 Å². The quantitative estimate of drug-likeness (QED) is 0.749. The maximum Gasteiger partial charge on any atom is 0.00200 e. The molecule has 0 aliphatic rings. The Hall–Kier alpha value is -0.820. The van der Waals surface area contributed by atoms with E-state index in [1.807, 2.05) is 0 Å². The van der Waals surface area contributed by atoms with Crippen molar-refractivity contribution in [3.05, 3.63) is 35.4 Å². The van der Waals surface area contributed by atoms with Crippen LogP contribution in [0.25, 0.3) is 0 Å². The lowest BCUT2D eigenvalue weighted by molar-refractivity contribution is 0.555. The van der Waals surface area contributed by atoms with Gasteiger partial charge in [0.05, 0.1) is 0 Å². The zero-order chi connectivity index (χ0) is 11.1. The largest absolute Gasteiger partial charge is 0.316 e. The van der Waals surface area contributed by atoms with E-state index < -0.39 is 0 Å². The van der Waals surface area contributed by atoms with Crippen LogP contribution in [0.15, 0.2) is 24.3 Å². The molecule has 0 radical (unpaired) electrons. The number of aryl methyl sites for hydroxylation is 1. The van der Waals surface area contributed by atoms with E-state index in [9.17, 15) is 0 Å². The predicted molar refractivity (Wildman–Crippen MR) is 67.4 cm³/mol. The monoisotopic (exact) mass is 205 g/mol. The minimum absolute atomic E-state index is 0.676. The topological polar surface area (TPSA) is 12.0 Å². The Morgan fingerprint density at radius 3 is 2.67 bits per heavy atom.